The minimum Gasteiger partial charge on any atom is -0.398 e. The van der Waals surface area contributed by atoms with Crippen molar-refractivity contribution in [1.29, 1.82) is 0 Å². The monoisotopic (exact) mass is 1200 g/mol. The van der Waals surface area contributed by atoms with Gasteiger partial charge in [-0.3, -0.25) is 19.6 Å². The SMILES string of the molecule is C=CC(=O)N1C[C@H](C)N(c2nc(=O)n(-c3c(SC)ccnc3C(C)C)c3nc(-c4c(N)ccc(Cl)c4F)c(Cl)cc23)C[C@H]1C.C=CC(=O)N1C[C@H](C)N(c2nc(=O)n(-c3c(SC)ccnc3C(C)C)c3nc(Cl)c(Cl)cc23)C[C@H]1C. The molecule has 24 heteroatoms. The number of hydrogen-bond acceptors (Lipinski definition) is 15. The summed E-state index contributed by atoms with van der Waals surface area (Å²) >= 11 is 28.7. The highest BCUT2D eigenvalue weighted by Crippen LogP contribution is 2.41. The van der Waals surface area contributed by atoms with Crippen LogP contribution in [0.5, 0.6) is 0 Å². The number of amides is 2. The Morgan fingerprint density at radius 2 is 1.09 bits per heavy atom. The van der Waals surface area contributed by atoms with E-state index >= 15 is 4.39 Å². The maximum Gasteiger partial charge on any atom is 0.355 e. The van der Waals surface area contributed by atoms with Crippen LogP contribution in [-0.2, 0) is 9.59 Å². The van der Waals surface area contributed by atoms with Crippen LogP contribution in [0.25, 0.3) is 44.7 Å². The van der Waals surface area contributed by atoms with E-state index in [0.717, 1.165) is 15.5 Å². The first-order valence-corrected chi connectivity index (χ1v) is 29.6. The molecular formula is C56H60Cl4FN13O4S2. The molecule has 80 heavy (non-hydrogen) atoms. The lowest BCUT2D eigenvalue weighted by Gasteiger charge is -2.44. The molecule has 1 aromatic carbocycles. The van der Waals surface area contributed by atoms with Gasteiger partial charge in [-0.2, -0.15) is 9.97 Å². The van der Waals surface area contributed by atoms with E-state index in [9.17, 15) is 19.2 Å². The van der Waals surface area contributed by atoms with Crippen molar-refractivity contribution < 1.29 is 14.0 Å². The lowest BCUT2D eigenvalue weighted by Crippen LogP contribution is -2.58. The van der Waals surface area contributed by atoms with Crippen LogP contribution in [0.15, 0.2) is 93.5 Å². The fourth-order valence-corrected chi connectivity index (χ4v) is 12.1. The van der Waals surface area contributed by atoms with Gasteiger partial charge in [-0.25, -0.2) is 33.1 Å². The number of fused-ring (bicyclic) bond motifs is 2. The van der Waals surface area contributed by atoms with Gasteiger partial charge in [0.25, 0.3) is 0 Å². The molecule has 2 fully saturated rings. The summed E-state index contributed by atoms with van der Waals surface area (Å²) in [5.74, 6) is -0.259. The number of carbonyl (C=O) groups is 2. The van der Waals surface area contributed by atoms with Crippen molar-refractivity contribution in [2.45, 2.75) is 101 Å². The summed E-state index contributed by atoms with van der Waals surface area (Å²) in [5.41, 5.74) is 8.34. The molecule has 7 aromatic rings. The van der Waals surface area contributed by atoms with Gasteiger partial charge in [0.05, 0.1) is 59.9 Å². The number of pyridine rings is 4. The third kappa shape index (κ3) is 11.2. The maximum atomic E-state index is 15.5. The van der Waals surface area contributed by atoms with Crippen LogP contribution in [0.3, 0.4) is 0 Å². The van der Waals surface area contributed by atoms with Crippen molar-refractivity contribution in [1.82, 2.24) is 48.8 Å². The zero-order valence-electron chi connectivity index (χ0n) is 45.8. The molecule has 9 rings (SSSR count). The van der Waals surface area contributed by atoms with Crippen LogP contribution in [0, 0.1) is 5.82 Å². The number of aromatic nitrogens is 8. The van der Waals surface area contributed by atoms with E-state index in [0.29, 0.717) is 71.3 Å². The zero-order chi connectivity index (χ0) is 58.3. The van der Waals surface area contributed by atoms with Crippen molar-refractivity contribution in [3.63, 3.8) is 0 Å². The third-order valence-electron chi connectivity index (χ3n) is 14.2. The standard InChI is InChI=1S/C31H32Cl2FN7O2S.C25H28Cl2N6O2S/c1-7-23(42)39-13-17(5)40(14-16(39)4)29-18-12-20(33)27(24-21(35)9-8-19(32)25(24)34)37-30(18)41(31(43)38-29)28-22(44-6)10-11-36-26(28)15(2)3;1-7-19(34)31-11-15(5)32(12-14(31)4)23-16-10-17(26)22(27)29-24(16)33(25(35)30-23)21-18(36-6)8-9-28-20(21)13(2)3/h7-12,15-17H,1,13-14,35H2,2-6H3;7-10,13-15H,1,11-12H2,2-6H3/t16-,17+;14-,15+/m11/s1. The molecule has 17 nitrogen and oxygen atoms in total. The molecule has 0 spiro atoms. The van der Waals surface area contributed by atoms with E-state index in [1.807, 2.05) is 89.8 Å². The number of benzene rings is 1. The molecule has 2 aliphatic heterocycles. The number of hydrogen-bond donors (Lipinski definition) is 1. The Labute approximate surface area is 491 Å². The summed E-state index contributed by atoms with van der Waals surface area (Å²) in [6.07, 6.45) is 9.91. The molecule has 0 radical (unpaired) electrons. The Kier molecular flexibility index (Phi) is 18.3. The summed E-state index contributed by atoms with van der Waals surface area (Å²) in [6.45, 7) is 24.8. The van der Waals surface area contributed by atoms with Crippen LogP contribution in [0.2, 0.25) is 20.2 Å². The van der Waals surface area contributed by atoms with Crippen molar-refractivity contribution in [3.05, 3.63) is 132 Å². The number of halogens is 5. The number of nitrogen functional groups attached to an aromatic ring is 1. The fraction of sp³-hybridized carbons (Fsp3) is 0.357. The van der Waals surface area contributed by atoms with Crippen LogP contribution >= 0.6 is 69.9 Å². The highest BCUT2D eigenvalue weighted by Gasteiger charge is 2.36. The average molecular weight is 1200 g/mol. The lowest BCUT2D eigenvalue weighted by atomic mass is 10.1. The number of nitrogens with two attached hydrogens (primary N) is 1. The molecule has 2 amide bonds. The number of thioether (sulfide) groups is 2. The Morgan fingerprint density at radius 1 is 0.650 bits per heavy atom. The Hall–Kier alpha value is -6.29. The van der Waals surface area contributed by atoms with Gasteiger partial charge in [0.2, 0.25) is 11.8 Å². The van der Waals surface area contributed by atoms with E-state index in [-0.39, 0.29) is 90.6 Å². The molecule has 0 saturated carbocycles. The van der Waals surface area contributed by atoms with Crippen molar-refractivity contribution in [2.75, 3.05) is 54.2 Å². The summed E-state index contributed by atoms with van der Waals surface area (Å²) in [6, 6.07) is 9.21. The average Bonchev–Trinajstić information content (AvgIpc) is 3.48. The van der Waals surface area contributed by atoms with Gasteiger partial charge in [-0.1, -0.05) is 87.3 Å². The van der Waals surface area contributed by atoms with E-state index in [1.165, 1.54) is 56.9 Å². The molecule has 4 atom stereocenters. The van der Waals surface area contributed by atoms with Crippen LogP contribution < -0.4 is 26.9 Å². The predicted octanol–water partition coefficient (Wildman–Crippen LogP) is 11.3. The second-order valence-electron chi connectivity index (χ2n) is 20.1. The number of carbonyl (C=O) groups excluding carboxylic acids is 2. The quantitative estimate of drug-likeness (QED) is 0.0556. The number of nitrogens with zero attached hydrogens (tertiary/aromatic N) is 12. The van der Waals surface area contributed by atoms with E-state index in [4.69, 9.17) is 57.1 Å². The van der Waals surface area contributed by atoms with Gasteiger partial charge in [0, 0.05) is 78.2 Å². The highest BCUT2D eigenvalue weighted by molar-refractivity contribution is 7.99. The minimum atomic E-state index is -0.775. The molecule has 8 heterocycles. The van der Waals surface area contributed by atoms with E-state index < -0.39 is 17.2 Å². The van der Waals surface area contributed by atoms with Gasteiger partial charge in [-0.15, -0.1) is 23.5 Å². The van der Waals surface area contributed by atoms with Gasteiger partial charge >= 0.3 is 11.4 Å². The highest BCUT2D eigenvalue weighted by atomic mass is 35.5. The summed E-state index contributed by atoms with van der Waals surface area (Å²) in [7, 11) is 0. The second-order valence-corrected chi connectivity index (χ2v) is 23.4. The first-order valence-electron chi connectivity index (χ1n) is 25.6. The van der Waals surface area contributed by atoms with Gasteiger partial charge in [-0.05, 0) is 101 Å². The molecule has 0 bridgehead atoms. The molecule has 0 unspecified atom stereocenters. The lowest BCUT2D eigenvalue weighted by molar-refractivity contribution is -0.129. The Morgan fingerprint density at radius 3 is 1.51 bits per heavy atom. The van der Waals surface area contributed by atoms with Crippen LogP contribution in [0.4, 0.5) is 21.7 Å². The molecule has 2 aliphatic rings. The van der Waals surface area contributed by atoms with Gasteiger partial charge < -0.3 is 25.3 Å². The zero-order valence-corrected chi connectivity index (χ0v) is 50.4. The molecule has 2 saturated heterocycles. The van der Waals surface area contributed by atoms with Gasteiger partial charge in [0.1, 0.15) is 16.8 Å². The van der Waals surface area contributed by atoms with E-state index in [2.05, 4.69) is 38.1 Å². The normalized spacial score (nSPS) is 17.6. The first-order chi connectivity index (χ1) is 38.0. The molecule has 6 aromatic heterocycles. The van der Waals surface area contributed by atoms with E-state index in [1.54, 1.807) is 34.3 Å². The van der Waals surface area contributed by atoms with Crippen molar-refractivity contribution in [3.8, 4) is 22.6 Å². The molecule has 420 valence electrons. The minimum absolute atomic E-state index is 0.0328. The summed E-state index contributed by atoms with van der Waals surface area (Å²) in [4.78, 5) is 89.7. The molecule has 0 aliphatic carbocycles. The number of rotatable bonds is 11. The van der Waals surface area contributed by atoms with Crippen molar-refractivity contribution in [2.24, 2.45) is 0 Å². The number of piperazine rings is 2. The second kappa shape index (κ2) is 24.4. The van der Waals surface area contributed by atoms with Crippen molar-refractivity contribution >= 4 is 121 Å². The Balaban J connectivity index is 0.000000215. The Bertz CT molecular complexity index is 3750. The summed E-state index contributed by atoms with van der Waals surface area (Å²) in [5, 5.41) is 1.37. The fourth-order valence-electron chi connectivity index (χ4n) is 10.2. The first kappa shape index (κ1) is 59.8. The molecular weight excluding hydrogens is 1140 g/mol. The predicted molar refractivity (Wildman–Crippen MR) is 324 cm³/mol. The smallest absolute Gasteiger partial charge is 0.355 e. The van der Waals surface area contributed by atoms with Crippen LogP contribution in [0.1, 0.15) is 78.6 Å². The number of anilines is 3. The van der Waals surface area contributed by atoms with Crippen LogP contribution in [-0.4, -0.2) is 124 Å². The largest absolute Gasteiger partial charge is 0.398 e. The maximum absolute atomic E-state index is 15.5. The topological polar surface area (TPSA) is 194 Å². The molecule has 2 N–H and O–H groups in total. The van der Waals surface area contributed by atoms with Gasteiger partial charge in [0.15, 0.2) is 17.1 Å². The summed E-state index contributed by atoms with van der Waals surface area (Å²) < 4.78 is 18.4. The third-order valence-corrected chi connectivity index (χ3v) is 17.0.